The van der Waals surface area contributed by atoms with E-state index in [-0.39, 0.29) is 12.0 Å². The molecule has 3 rings (SSSR count). The summed E-state index contributed by atoms with van der Waals surface area (Å²) in [6.07, 6.45) is 0.306. The van der Waals surface area contributed by atoms with E-state index in [9.17, 15) is 13.2 Å². The fraction of sp³-hybridized carbons (Fsp3) is 0.600. The summed E-state index contributed by atoms with van der Waals surface area (Å²) in [6, 6.07) is 5.39. The summed E-state index contributed by atoms with van der Waals surface area (Å²) in [4.78, 5) is 0. The quantitative estimate of drug-likeness (QED) is 0.657. The van der Waals surface area contributed by atoms with Crippen LogP contribution >= 0.6 is 0 Å². The first kappa shape index (κ1) is 13.9. The summed E-state index contributed by atoms with van der Waals surface area (Å²) in [5, 5.41) is 0. The maximum Gasteiger partial charge on any atom is 0.416 e. The summed E-state index contributed by atoms with van der Waals surface area (Å²) >= 11 is 0. The molecule has 1 aromatic carbocycles. The van der Waals surface area contributed by atoms with Gasteiger partial charge in [0.2, 0.25) is 0 Å². The molecule has 2 aliphatic carbocycles. The number of halogens is 3. The number of alkyl halides is 3. The highest BCUT2D eigenvalue weighted by Crippen LogP contribution is 2.60. The second-order valence-corrected chi connectivity index (χ2v) is 5.92. The molecule has 3 unspecified atom stereocenters. The van der Waals surface area contributed by atoms with Gasteiger partial charge in [-0.15, -0.1) is 0 Å². The van der Waals surface area contributed by atoms with Gasteiger partial charge in [-0.3, -0.25) is 11.3 Å². The minimum absolute atomic E-state index is 0.256. The third kappa shape index (κ3) is 2.33. The molecule has 0 aromatic heterocycles. The number of nitrogens with one attached hydrogen (secondary N) is 1. The molecule has 2 aliphatic rings. The van der Waals surface area contributed by atoms with Crippen molar-refractivity contribution in [2.24, 2.45) is 23.6 Å². The number of fused-ring (bicyclic) bond motifs is 1. The lowest BCUT2D eigenvalue weighted by atomic mass is 9.95. The zero-order valence-electron chi connectivity index (χ0n) is 11.2. The van der Waals surface area contributed by atoms with Gasteiger partial charge in [0.15, 0.2) is 0 Å². The minimum atomic E-state index is -4.33. The topological polar surface area (TPSA) is 38.0 Å². The van der Waals surface area contributed by atoms with Crippen molar-refractivity contribution in [1.82, 2.24) is 5.43 Å². The van der Waals surface area contributed by atoms with Crippen LogP contribution in [0.25, 0.3) is 0 Å². The molecule has 3 atom stereocenters. The SMILES string of the molecule is NNC(c1ccccc1C(F)(F)F)C1C2CCCCC21. The molecule has 2 saturated carbocycles. The fourth-order valence-electron chi connectivity index (χ4n) is 3.98. The first-order chi connectivity index (χ1) is 9.54. The van der Waals surface area contributed by atoms with Gasteiger partial charge in [-0.2, -0.15) is 13.2 Å². The molecule has 0 heterocycles. The van der Waals surface area contributed by atoms with Crippen LogP contribution in [0.15, 0.2) is 24.3 Å². The molecule has 3 N–H and O–H groups in total. The van der Waals surface area contributed by atoms with Gasteiger partial charge in [0.05, 0.1) is 5.56 Å². The standard InChI is InChI=1S/C15H19F3N2/c16-15(17,18)12-8-4-3-7-11(12)14(20-19)13-9-5-1-2-6-10(9)13/h3-4,7-10,13-14,20H,1-2,5-6,19H2. The summed E-state index contributed by atoms with van der Waals surface area (Å²) < 4.78 is 39.4. The third-order valence-electron chi connectivity index (χ3n) is 4.89. The van der Waals surface area contributed by atoms with Crippen LogP contribution in [0, 0.1) is 17.8 Å². The molecular weight excluding hydrogens is 265 g/mol. The monoisotopic (exact) mass is 284 g/mol. The first-order valence-electron chi connectivity index (χ1n) is 7.16. The number of hydrogen-bond donors (Lipinski definition) is 2. The Morgan fingerprint density at radius 1 is 1.10 bits per heavy atom. The molecule has 1 aromatic rings. The van der Waals surface area contributed by atoms with Gasteiger partial charge in [-0.05, 0) is 42.2 Å². The van der Waals surface area contributed by atoms with Gasteiger partial charge in [0.25, 0.3) is 0 Å². The van der Waals surface area contributed by atoms with Gasteiger partial charge in [0, 0.05) is 6.04 Å². The Labute approximate surface area is 116 Å². The summed E-state index contributed by atoms with van der Waals surface area (Å²) in [7, 11) is 0. The maximum atomic E-state index is 13.1. The van der Waals surface area contributed by atoms with E-state index < -0.39 is 11.7 Å². The lowest BCUT2D eigenvalue weighted by molar-refractivity contribution is -0.138. The maximum absolute atomic E-state index is 13.1. The predicted octanol–water partition coefficient (Wildman–Crippen LogP) is 3.65. The van der Waals surface area contributed by atoms with Crippen LogP contribution in [0.1, 0.15) is 42.9 Å². The van der Waals surface area contributed by atoms with Gasteiger partial charge in [-0.1, -0.05) is 31.0 Å². The van der Waals surface area contributed by atoms with E-state index in [1.807, 2.05) is 0 Å². The molecule has 0 spiro atoms. The van der Waals surface area contributed by atoms with Crippen molar-refractivity contribution >= 4 is 0 Å². The molecule has 20 heavy (non-hydrogen) atoms. The van der Waals surface area contributed by atoms with Crippen molar-refractivity contribution in [2.75, 3.05) is 0 Å². The average Bonchev–Trinajstić information content (AvgIpc) is 3.14. The zero-order valence-corrected chi connectivity index (χ0v) is 11.2. The fourth-order valence-corrected chi connectivity index (χ4v) is 3.98. The van der Waals surface area contributed by atoms with Crippen LogP contribution in [0.4, 0.5) is 13.2 Å². The van der Waals surface area contributed by atoms with Crippen molar-refractivity contribution in [3.05, 3.63) is 35.4 Å². The number of hydrogen-bond acceptors (Lipinski definition) is 2. The molecule has 0 saturated heterocycles. The third-order valence-corrected chi connectivity index (χ3v) is 4.89. The number of benzene rings is 1. The highest BCUT2D eigenvalue weighted by Gasteiger charge is 2.55. The lowest BCUT2D eigenvalue weighted by Gasteiger charge is -2.21. The van der Waals surface area contributed by atoms with E-state index in [1.54, 1.807) is 12.1 Å². The Hall–Kier alpha value is -1.07. The highest BCUT2D eigenvalue weighted by atomic mass is 19.4. The van der Waals surface area contributed by atoms with Crippen LogP contribution in [0.2, 0.25) is 0 Å². The second-order valence-electron chi connectivity index (χ2n) is 5.92. The summed E-state index contributed by atoms with van der Waals surface area (Å²) in [5.74, 6) is 6.94. The Kier molecular flexibility index (Phi) is 3.50. The van der Waals surface area contributed by atoms with E-state index in [1.165, 1.54) is 18.9 Å². The number of rotatable bonds is 3. The lowest BCUT2D eigenvalue weighted by Crippen LogP contribution is -2.32. The second kappa shape index (κ2) is 5.04. The van der Waals surface area contributed by atoms with Crippen molar-refractivity contribution in [1.29, 1.82) is 0 Å². The minimum Gasteiger partial charge on any atom is -0.271 e. The van der Waals surface area contributed by atoms with Crippen LogP contribution in [0.3, 0.4) is 0 Å². The average molecular weight is 284 g/mol. The number of hydrazine groups is 1. The molecule has 0 radical (unpaired) electrons. The Balaban J connectivity index is 1.91. The zero-order chi connectivity index (χ0) is 14.3. The first-order valence-corrected chi connectivity index (χ1v) is 7.16. The normalized spacial score (nSPS) is 30.7. The van der Waals surface area contributed by atoms with Gasteiger partial charge < -0.3 is 0 Å². The van der Waals surface area contributed by atoms with Crippen LogP contribution in [0.5, 0.6) is 0 Å². The van der Waals surface area contributed by atoms with Crippen molar-refractivity contribution in [3.63, 3.8) is 0 Å². The van der Waals surface area contributed by atoms with Crippen molar-refractivity contribution in [3.8, 4) is 0 Å². The van der Waals surface area contributed by atoms with Crippen molar-refractivity contribution in [2.45, 2.75) is 37.9 Å². The van der Waals surface area contributed by atoms with E-state index in [0.29, 0.717) is 17.4 Å². The largest absolute Gasteiger partial charge is 0.416 e. The molecule has 0 aliphatic heterocycles. The predicted molar refractivity (Wildman–Crippen MR) is 70.4 cm³/mol. The Morgan fingerprint density at radius 3 is 2.25 bits per heavy atom. The highest BCUT2D eigenvalue weighted by molar-refractivity contribution is 5.34. The van der Waals surface area contributed by atoms with Gasteiger partial charge >= 0.3 is 6.18 Å². The van der Waals surface area contributed by atoms with Crippen molar-refractivity contribution < 1.29 is 13.2 Å². The molecule has 2 nitrogen and oxygen atoms in total. The van der Waals surface area contributed by atoms with Crippen LogP contribution in [-0.2, 0) is 6.18 Å². The van der Waals surface area contributed by atoms with Gasteiger partial charge in [-0.25, -0.2) is 0 Å². The smallest absolute Gasteiger partial charge is 0.271 e. The molecule has 110 valence electrons. The Morgan fingerprint density at radius 2 is 1.70 bits per heavy atom. The van der Waals surface area contributed by atoms with E-state index in [0.717, 1.165) is 18.9 Å². The molecule has 0 amide bonds. The van der Waals surface area contributed by atoms with E-state index in [4.69, 9.17) is 5.84 Å². The van der Waals surface area contributed by atoms with E-state index in [2.05, 4.69) is 5.43 Å². The molecule has 2 fully saturated rings. The van der Waals surface area contributed by atoms with E-state index >= 15 is 0 Å². The number of nitrogens with two attached hydrogens (primary N) is 1. The molecule has 5 heteroatoms. The van der Waals surface area contributed by atoms with Gasteiger partial charge in [0.1, 0.15) is 0 Å². The van der Waals surface area contributed by atoms with Crippen LogP contribution in [-0.4, -0.2) is 0 Å². The Bertz CT molecular complexity index is 474. The van der Waals surface area contributed by atoms with Crippen LogP contribution < -0.4 is 11.3 Å². The molecule has 0 bridgehead atoms. The summed E-state index contributed by atoms with van der Waals surface area (Å²) in [6.45, 7) is 0. The summed E-state index contributed by atoms with van der Waals surface area (Å²) in [5.41, 5.74) is 2.38. The molecular formula is C15H19F3N2.